The molecule has 0 unspecified atom stereocenters. The van der Waals surface area contributed by atoms with Crippen molar-refractivity contribution in [3.05, 3.63) is 59.7 Å². The fraction of sp³-hybridized carbons (Fsp3) is 0.348. The maximum absolute atomic E-state index is 12.8. The summed E-state index contributed by atoms with van der Waals surface area (Å²) in [6, 6.07) is 12.8. The number of carbonyl (C=O) groups excluding carboxylic acids is 3. The van der Waals surface area contributed by atoms with E-state index in [4.69, 9.17) is 4.74 Å². The molecule has 3 rings (SSSR count). The van der Waals surface area contributed by atoms with Crippen LogP contribution in [0.1, 0.15) is 35.2 Å². The summed E-state index contributed by atoms with van der Waals surface area (Å²) >= 11 is 0. The summed E-state index contributed by atoms with van der Waals surface area (Å²) in [5.41, 5.74) is 1.69. The number of carbonyl (C=O) groups is 3. The zero-order valence-electron chi connectivity index (χ0n) is 18.4. The van der Waals surface area contributed by atoms with E-state index in [0.717, 1.165) is 24.8 Å². The highest BCUT2D eigenvalue weighted by molar-refractivity contribution is 7.89. The van der Waals surface area contributed by atoms with Crippen molar-refractivity contribution < 1.29 is 27.5 Å². The van der Waals surface area contributed by atoms with Gasteiger partial charge in [0.05, 0.1) is 4.90 Å². The first kappa shape index (κ1) is 24.4. The Bertz CT molecular complexity index is 1110. The van der Waals surface area contributed by atoms with Gasteiger partial charge in [0.1, 0.15) is 6.54 Å². The van der Waals surface area contributed by atoms with Gasteiger partial charge in [-0.2, -0.15) is 4.31 Å². The van der Waals surface area contributed by atoms with Crippen LogP contribution in [-0.4, -0.2) is 56.7 Å². The molecule has 33 heavy (non-hydrogen) atoms. The third kappa shape index (κ3) is 6.87. The molecule has 2 aromatic carbocycles. The number of sulfonamides is 1. The van der Waals surface area contributed by atoms with Gasteiger partial charge in [-0.3, -0.25) is 14.4 Å². The number of aryl methyl sites for hydroxylation is 1. The van der Waals surface area contributed by atoms with E-state index < -0.39 is 34.4 Å². The van der Waals surface area contributed by atoms with E-state index in [1.54, 1.807) is 36.4 Å². The van der Waals surface area contributed by atoms with Gasteiger partial charge in [-0.05, 0) is 50.1 Å². The summed E-state index contributed by atoms with van der Waals surface area (Å²) in [6.45, 7) is 1.91. The van der Waals surface area contributed by atoms with Crippen molar-refractivity contribution in [2.75, 3.05) is 31.6 Å². The molecule has 1 aliphatic rings. The molecule has 0 spiro atoms. The number of ether oxygens (including phenoxy) is 1. The molecule has 0 radical (unpaired) electrons. The predicted molar refractivity (Wildman–Crippen MR) is 122 cm³/mol. The molecule has 1 heterocycles. The van der Waals surface area contributed by atoms with Crippen LogP contribution in [0.5, 0.6) is 0 Å². The number of hydrogen-bond acceptors (Lipinski definition) is 6. The van der Waals surface area contributed by atoms with Crippen LogP contribution in [0.25, 0.3) is 0 Å². The summed E-state index contributed by atoms with van der Waals surface area (Å²) < 4.78 is 31.9. The van der Waals surface area contributed by atoms with Crippen molar-refractivity contribution in [3.8, 4) is 0 Å². The molecule has 0 aromatic heterocycles. The lowest BCUT2D eigenvalue weighted by atomic mass is 10.1. The van der Waals surface area contributed by atoms with Gasteiger partial charge in [0.2, 0.25) is 10.0 Å². The summed E-state index contributed by atoms with van der Waals surface area (Å²) in [5, 5.41) is 4.95. The largest absolute Gasteiger partial charge is 0.454 e. The molecule has 2 aromatic rings. The number of esters is 1. The SMILES string of the molecule is Cc1ccc(C(=O)NCC(=O)OCC(=O)Nc2cccc(S(=O)(=O)N3CCCCC3)c2)cc1. The van der Waals surface area contributed by atoms with Crippen molar-refractivity contribution in [1.29, 1.82) is 0 Å². The van der Waals surface area contributed by atoms with E-state index in [0.29, 0.717) is 18.7 Å². The van der Waals surface area contributed by atoms with Crippen LogP contribution >= 0.6 is 0 Å². The Morgan fingerprint density at radius 1 is 1.00 bits per heavy atom. The minimum Gasteiger partial charge on any atom is -0.454 e. The first-order valence-corrected chi connectivity index (χ1v) is 12.1. The molecule has 0 saturated carbocycles. The van der Waals surface area contributed by atoms with Crippen LogP contribution < -0.4 is 10.6 Å². The first-order valence-electron chi connectivity index (χ1n) is 10.7. The molecule has 0 aliphatic carbocycles. The van der Waals surface area contributed by atoms with Crippen molar-refractivity contribution in [2.45, 2.75) is 31.1 Å². The average Bonchev–Trinajstić information content (AvgIpc) is 2.82. The van der Waals surface area contributed by atoms with Crippen molar-refractivity contribution in [3.63, 3.8) is 0 Å². The quantitative estimate of drug-likeness (QED) is 0.566. The summed E-state index contributed by atoms with van der Waals surface area (Å²) in [6.07, 6.45) is 2.66. The predicted octanol–water partition coefficient (Wildman–Crippen LogP) is 2.08. The van der Waals surface area contributed by atoms with E-state index in [1.165, 1.54) is 16.4 Å². The van der Waals surface area contributed by atoms with Crippen LogP contribution in [0.15, 0.2) is 53.4 Å². The Kier molecular flexibility index (Phi) is 8.18. The van der Waals surface area contributed by atoms with Crippen molar-refractivity contribution in [2.24, 2.45) is 0 Å². The van der Waals surface area contributed by atoms with E-state index in [-0.39, 0.29) is 17.1 Å². The normalized spacial score (nSPS) is 14.3. The van der Waals surface area contributed by atoms with Gasteiger partial charge in [0.25, 0.3) is 11.8 Å². The highest BCUT2D eigenvalue weighted by atomic mass is 32.2. The molecule has 176 valence electrons. The fourth-order valence-corrected chi connectivity index (χ4v) is 4.91. The second kappa shape index (κ2) is 11.1. The van der Waals surface area contributed by atoms with Gasteiger partial charge in [0, 0.05) is 24.3 Å². The van der Waals surface area contributed by atoms with Crippen molar-refractivity contribution in [1.82, 2.24) is 9.62 Å². The Morgan fingerprint density at radius 3 is 2.39 bits per heavy atom. The Morgan fingerprint density at radius 2 is 1.70 bits per heavy atom. The van der Waals surface area contributed by atoms with Gasteiger partial charge in [0.15, 0.2) is 6.61 Å². The topological polar surface area (TPSA) is 122 Å². The van der Waals surface area contributed by atoms with Crippen LogP contribution in [0, 0.1) is 6.92 Å². The molecule has 10 heteroatoms. The maximum Gasteiger partial charge on any atom is 0.325 e. The summed E-state index contributed by atoms with van der Waals surface area (Å²) in [4.78, 5) is 36.1. The Labute approximate surface area is 193 Å². The third-order valence-electron chi connectivity index (χ3n) is 5.14. The molecule has 2 amide bonds. The zero-order valence-corrected chi connectivity index (χ0v) is 19.2. The monoisotopic (exact) mass is 473 g/mol. The first-order chi connectivity index (χ1) is 15.8. The number of rotatable bonds is 8. The minimum atomic E-state index is -3.63. The molecule has 9 nitrogen and oxygen atoms in total. The van der Waals surface area contributed by atoms with E-state index in [9.17, 15) is 22.8 Å². The molecule has 0 atom stereocenters. The molecule has 2 N–H and O–H groups in total. The lowest BCUT2D eigenvalue weighted by molar-refractivity contribution is -0.146. The number of hydrogen-bond donors (Lipinski definition) is 2. The zero-order chi connectivity index (χ0) is 23.8. The van der Waals surface area contributed by atoms with Crippen LogP contribution in [0.3, 0.4) is 0 Å². The lowest BCUT2D eigenvalue weighted by Gasteiger charge is -2.26. The lowest BCUT2D eigenvalue weighted by Crippen LogP contribution is -2.35. The average molecular weight is 474 g/mol. The summed E-state index contributed by atoms with van der Waals surface area (Å²) in [5.74, 6) is -1.82. The van der Waals surface area contributed by atoms with Gasteiger partial charge >= 0.3 is 5.97 Å². The van der Waals surface area contributed by atoms with Crippen molar-refractivity contribution >= 4 is 33.5 Å². The standard InChI is InChI=1S/C23H27N3O6S/c1-17-8-10-18(11-9-17)23(29)24-15-22(28)32-16-21(27)25-19-6-5-7-20(14-19)33(30,31)26-12-3-2-4-13-26/h5-11,14H,2-4,12-13,15-16H2,1H3,(H,24,29)(H,25,27). The minimum absolute atomic E-state index is 0.0954. The van der Waals surface area contributed by atoms with Gasteiger partial charge in [-0.15, -0.1) is 0 Å². The van der Waals surface area contributed by atoms with E-state index >= 15 is 0 Å². The number of piperidine rings is 1. The Balaban J connectivity index is 1.47. The van der Waals surface area contributed by atoms with E-state index in [2.05, 4.69) is 10.6 Å². The smallest absolute Gasteiger partial charge is 0.325 e. The third-order valence-corrected chi connectivity index (χ3v) is 7.04. The van der Waals surface area contributed by atoms with Gasteiger partial charge in [-0.1, -0.05) is 30.2 Å². The number of anilines is 1. The second-order valence-corrected chi connectivity index (χ2v) is 9.69. The number of benzene rings is 2. The van der Waals surface area contributed by atoms with Crippen LogP contribution in [0.4, 0.5) is 5.69 Å². The Hall–Kier alpha value is -3.24. The number of nitrogens with zero attached hydrogens (tertiary/aromatic N) is 1. The molecule has 0 bridgehead atoms. The molecular weight excluding hydrogens is 446 g/mol. The van der Waals surface area contributed by atoms with Crippen LogP contribution in [0.2, 0.25) is 0 Å². The van der Waals surface area contributed by atoms with Crippen LogP contribution in [-0.2, 0) is 24.3 Å². The maximum atomic E-state index is 12.8. The van der Waals surface area contributed by atoms with E-state index in [1.807, 2.05) is 6.92 Å². The highest BCUT2D eigenvalue weighted by Gasteiger charge is 2.26. The van der Waals surface area contributed by atoms with Gasteiger partial charge in [-0.25, -0.2) is 8.42 Å². The number of amides is 2. The number of nitrogens with one attached hydrogen (secondary N) is 2. The molecule has 1 fully saturated rings. The second-order valence-electron chi connectivity index (χ2n) is 7.75. The fourth-order valence-electron chi connectivity index (χ4n) is 3.34. The summed E-state index contributed by atoms with van der Waals surface area (Å²) in [7, 11) is -3.63. The molecule has 1 saturated heterocycles. The molecular formula is C23H27N3O6S. The van der Waals surface area contributed by atoms with Gasteiger partial charge < -0.3 is 15.4 Å². The highest BCUT2D eigenvalue weighted by Crippen LogP contribution is 2.22. The molecule has 1 aliphatic heterocycles.